The summed E-state index contributed by atoms with van der Waals surface area (Å²) < 4.78 is 5.59. The molecule has 4 aliphatic rings. The van der Waals surface area contributed by atoms with Crippen molar-refractivity contribution in [1.82, 2.24) is 0 Å². The van der Waals surface area contributed by atoms with Crippen molar-refractivity contribution in [2.24, 2.45) is 28.6 Å². The molecular weight excluding hydrogens is 252 g/mol. The predicted octanol–water partition coefficient (Wildman–Crippen LogP) is 2.91. The molecule has 0 amide bonds. The number of ether oxygens (including phenoxy) is 1. The Hall–Kier alpha value is -0.570. The van der Waals surface area contributed by atoms with E-state index >= 15 is 0 Å². The van der Waals surface area contributed by atoms with Gasteiger partial charge < -0.3 is 9.84 Å². The molecule has 20 heavy (non-hydrogen) atoms. The summed E-state index contributed by atoms with van der Waals surface area (Å²) in [6, 6.07) is 0. The molecule has 3 saturated carbocycles. The van der Waals surface area contributed by atoms with Crippen LogP contribution in [0.4, 0.5) is 0 Å². The first-order valence-corrected chi connectivity index (χ1v) is 8.33. The quantitative estimate of drug-likeness (QED) is 0.693. The van der Waals surface area contributed by atoms with E-state index in [4.69, 9.17) is 4.74 Å². The van der Waals surface area contributed by atoms with Crippen molar-refractivity contribution in [3.05, 3.63) is 0 Å². The molecular formula is C17H26O3. The predicted molar refractivity (Wildman–Crippen MR) is 74.9 cm³/mol. The van der Waals surface area contributed by atoms with Gasteiger partial charge in [0.15, 0.2) is 0 Å². The molecule has 1 N–H and O–H groups in total. The normalized spacial score (nSPS) is 57.8. The Morgan fingerprint density at radius 3 is 2.60 bits per heavy atom. The van der Waals surface area contributed by atoms with Gasteiger partial charge in [0.1, 0.15) is 6.10 Å². The Balaban J connectivity index is 1.67. The van der Waals surface area contributed by atoms with E-state index < -0.39 is 0 Å². The summed E-state index contributed by atoms with van der Waals surface area (Å²) in [6.07, 6.45) is 7.32. The summed E-state index contributed by atoms with van der Waals surface area (Å²) in [7, 11) is 0. The number of carbonyl (C=O) groups is 1. The summed E-state index contributed by atoms with van der Waals surface area (Å²) in [6.45, 7) is 4.59. The number of carbonyl (C=O) groups excluding carboxylic acids is 1. The van der Waals surface area contributed by atoms with E-state index in [2.05, 4.69) is 13.8 Å². The van der Waals surface area contributed by atoms with E-state index in [1.54, 1.807) is 0 Å². The number of rotatable bonds is 0. The highest BCUT2D eigenvalue weighted by atomic mass is 16.6. The Morgan fingerprint density at radius 1 is 1.05 bits per heavy atom. The molecule has 112 valence electrons. The van der Waals surface area contributed by atoms with Crippen LogP contribution >= 0.6 is 0 Å². The van der Waals surface area contributed by atoms with Gasteiger partial charge in [-0.25, -0.2) is 0 Å². The number of aliphatic hydroxyl groups is 1. The molecule has 0 bridgehead atoms. The maximum absolute atomic E-state index is 11.8. The number of hydrogen-bond donors (Lipinski definition) is 1. The average Bonchev–Trinajstić information content (AvgIpc) is 2.86. The Kier molecular flexibility index (Phi) is 2.62. The van der Waals surface area contributed by atoms with Crippen molar-refractivity contribution >= 4 is 5.97 Å². The number of aliphatic hydroxyl groups excluding tert-OH is 1. The fourth-order valence-electron chi connectivity index (χ4n) is 6.34. The van der Waals surface area contributed by atoms with Gasteiger partial charge >= 0.3 is 5.97 Å². The molecule has 3 aliphatic carbocycles. The van der Waals surface area contributed by atoms with Gasteiger partial charge in [-0.15, -0.1) is 0 Å². The third-order valence-electron chi connectivity index (χ3n) is 7.53. The second-order valence-electron chi connectivity index (χ2n) is 8.25. The Labute approximate surface area is 121 Å². The third kappa shape index (κ3) is 1.48. The monoisotopic (exact) mass is 278 g/mol. The van der Waals surface area contributed by atoms with Crippen molar-refractivity contribution < 1.29 is 14.6 Å². The zero-order valence-electron chi connectivity index (χ0n) is 12.6. The van der Waals surface area contributed by atoms with Crippen LogP contribution in [0.2, 0.25) is 0 Å². The molecule has 4 rings (SSSR count). The molecule has 1 aliphatic heterocycles. The SMILES string of the molecule is CC12CCC3C(CCC4OC(=O)CC43C)C1CCC2O. The molecule has 1 saturated heterocycles. The molecule has 3 nitrogen and oxygen atoms in total. The second-order valence-corrected chi connectivity index (χ2v) is 8.25. The molecule has 1 heterocycles. The minimum Gasteiger partial charge on any atom is -0.462 e. The summed E-state index contributed by atoms with van der Waals surface area (Å²) >= 11 is 0. The second kappa shape index (κ2) is 4.00. The van der Waals surface area contributed by atoms with Crippen LogP contribution in [0.1, 0.15) is 58.8 Å². The molecule has 0 spiro atoms. The van der Waals surface area contributed by atoms with Crippen molar-refractivity contribution in [1.29, 1.82) is 0 Å². The lowest BCUT2D eigenvalue weighted by Crippen LogP contribution is -2.52. The highest BCUT2D eigenvalue weighted by molar-refractivity contribution is 5.73. The number of fused-ring (bicyclic) bond motifs is 5. The average molecular weight is 278 g/mol. The first kappa shape index (κ1) is 13.1. The molecule has 0 aromatic rings. The fraction of sp³-hybridized carbons (Fsp3) is 0.941. The van der Waals surface area contributed by atoms with Crippen LogP contribution < -0.4 is 0 Å². The lowest BCUT2D eigenvalue weighted by Gasteiger charge is -2.55. The highest BCUT2D eigenvalue weighted by Crippen LogP contribution is 2.64. The number of hydrogen-bond acceptors (Lipinski definition) is 3. The molecule has 7 atom stereocenters. The van der Waals surface area contributed by atoms with Gasteiger partial charge in [0, 0.05) is 5.41 Å². The van der Waals surface area contributed by atoms with E-state index in [0.29, 0.717) is 24.2 Å². The van der Waals surface area contributed by atoms with Crippen LogP contribution in [-0.2, 0) is 9.53 Å². The number of esters is 1. The zero-order chi connectivity index (χ0) is 14.1. The lowest BCUT2D eigenvalue weighted by molar-refractivity contribution is -0.146. The van der Waals surface area contributed by atoms with Gasteiger partial charge in [-0.05, 0) is 61.7 Å². The van der Waals surface area contributed by atoms with Gasteiger partial charge in [-0.1, -0.05) is 13.8 Å². The van der Waals surface area contributed by atoms with Crippen LogP contribution in [0.15, 0.2) is 0 Å². The maximum Gasteiger partial charge on any atom is 0.306 e. The van der Waals surface area contributed by atoms with Gasteiger partial charge in [-0.3, -0.25) is 4.79 Å². The summed E-state index contributed by atoms with van der Waals surface area (Å²) in [5, 5.41) is 10.4. The van der Waals surface area contributed by atoms with E-state index in [0.717, 1.165) is 19.3 Å². The molecule has 3 heteroatoms. The van der Waals surface area contributed by atoms with Crippen molar-refractivity contribution in [2.75, 3.05) is 0 Å². The Morgan fingerprint density at radius 2 is 1.80 bits per heavy atom. The summed E-state index contributed by atoms with van der Waals surface area (Å²) in [5.41, 5.74) is 0.197. The van der Waals surface area contributed by atoms with Crippen LogP contribution in [0.3, 0.4) is 0 Å². The fourth-order valence-corrected chi connectivity index (χ4v) is 6.34. The molecule has 0 aromatic carbocycles. The van der Waals surface area contributed by atoms with Crippen LogP contribution in [-0.4, -0.2) is 23.3 Å². The zero-order valence-corrected chi connectivity index (χ0v) is 12.6. The standard InChI is InChI=1S/C17H26O3/c1-16-8-7-12-10(11(16)4-5-13(16)18)3-6-14-17(12,2)9-15(19)20-14/h10-14,18H,3-9H2,1-2H3. The van der Waals surface area contributed by atoms with Gasteiger partial charge in [0.05, 0.1) is 12.5 Å². The minimum atomic E-state index is -0.111. The smallest absolute Gasteiger partial charge is 0.306 e. The largest absolute Gasteiger partial charge is 0.462 e. The Bertz CT molecular complexity index is 448. The minimum absolute atomic E-state index is 0.0120. The molecule has 0 aromatic heterocycles. The van der Waals surface area contributed by atoms with Crippen molar-refractivity contribution in [3.63, 3.8) is 0 Å². The van der Waals surface area contributed by atoms with Crippen molar-refractivity contribution in [2.45, 2.75) is 71.0 Å². The first-order chi connectivity index (χ1) is 9.45. The third-order valence-corrected chi connectivity index (χ3v) is 7.53. The topological polar surface area (TPSA) is 46.5 Å². The molecule has 4 fully saturated rings. The van der Waals surface area contributed by atoms with E-state index in [9.17, 15) is 9.90 Å². The van der Waals surface area contributed by atoms with Crippen molar-refractivity contribution in [3.8, 4) is 0 Å². The highest BCUT2D eigenvalue weighted by Gasteiger charge is 2.62. The van der Waals surface area contributed by atoms with Crippen LogP contribution in [0.25, 0.3) is 0 Å². The van der Waals surface area contributed by atoms with E-state index in [1.165, 1.54) is 19.3 Å². The molecule has 0 radical (unpaired) electrons. The molecule has 7 unspecified atom stereocenters. The van der Waals surface area contributed by atoms with Crippen LogP contribution in [0, 0.1) is 28.6 Å². The van der Waals surface area contributed by atoms with Crippen LogP contribution in [0.5, 0.6) is 0 Å². The summed E-state index contributed by atoms with van der Waals surface area (Å²) in [5.74, 6) is 1.99. The maximum atomic E-state index is 11.8. The summed E-state index contributed by atoms with van der Waals surface area (Å²) in [4.78, 5) is 11.8. The van der Waals surface area contributed by atoms with Gasteiger partial charge in [-0.2, -0.15) is 0 Å². The van der Waals surface area contributed by atoms with Gasteiger partial charge in [0.2, 0.25) is 0 Å². The lowest BCUT2D eigenvalue weighted by atomic mass is 9.49. The van der Waals surface area contributed by atoms with E-state index in [1.807, 2.05) is 0 Å². The first-order valence-electron chi connectivity index (χ1n) is 8.33. The van der Waals surface area contributed by atoms with E-state index in [-0.39, 0.29) is 29.0 Å². The van der Waals surface area contributed by atoms with Gasteiger partial charge in [0.25, 0.3) is 0 Å².